The molecule has 2 saturated carbocycles. The Morgan fingerprint density at radius 3 is 3.00 bits per heavy atom. The van der Waals surface area contributed by atoms with Crippen LogP contribution in [-0.2, 0) is 4.79 Å². The Hall–Kier alpha value is -1.32. The van der Waals surface area contributed by atoms with E-state index in [0.717, 1.165) is 23.2 Å². The van der Waals surface area contributed by atoms with Crippen LogP contribution in [0.25, 0.3) is 0 Å². The fourth-order valence-electron chi connectivity index (χ4n) is 3.53. The number of carbonyl (C=O) groups excluding carboxylic acids is 1. The Morgan fingerprint density at radius 2 is 2.41 bits per heavy atom. The van der Waals surface area contributed by atoms with Gasteiger partial charge in [0.05, 0.1) is 6.20 Å². The van der Waals surface area contributed by atoms with Gasteiger partial charge in [-0.2, -0.15) is 5.10 Å². The molecule has 0 saturated heterocycles. The van der Waals surface area contributed by atoms with Crippen LogP contribution < -0.4 is 5.32 Å². The van der Waals surface area contributed by atoms with Crippen molar-refractivity contribution in [3.63, 3.8) is 0 Å². The number of hydrogen-bond donors (Lipinski definition) is 2. The molecule has 3 atom stereocenters. The van der Waals surface area contributed by atoms with Gasteiger partial charge >= 0.3 is 0 Å². The maximum Gasteiger partial charge on any atom is 0.225 e. The molecule has 2 aliphatic rings. The zero-order valence-electron chi connectivity index (χ0n) is 10.2. The van der Waals surface area contributed by atoms with Gasteiger partial charge in [-0.15, -0.1) is 0 Å². The molecule has 2 bridgehead atoms. The highest BCUT2D eigenvalue weighted by Crippen LogP contribution is 2.49. The van der Waals surface area contributed by atoms with Crippen molar-refractivity contribution >= 4 is 11.7 Å². The molecule has 2 aliphatic carbocycles. The molecular weight excluding hydrogens is 214 g/mol. The summed E-state index contributed by atoms with van der Waals surface area (Å²) < 4.78 is 0. The summed E-state index contributed by atoms with van der Waals surface area (Å²) in [6.07, 6.45) is 7.77. The van der Waals surface area contributed by atoms with E-state index < -0.39 is 0 Å². The molecule has 4 nitrogen and oxygen atoms in total. The molecule has 3 rings (SSSR count). The highest BCUT2D eigenvalue weighted by atomic mass is 16.1. The minimum atomic E-state index is 0.134. The first-order valence-corrected chi connectivity index (χ1v) is 6.52. The van der Waals surface area contributed by atoms with Gasteiger partial charge in [0, 0.05) is 12.0 Å². The summed E-state index contributed by atoms with van der Waals surface area (Å²) in [5, 5.41) is 9.64. The van der Waals surface area contributed by atoms with Gasteiger partial charge in [-0.05, 0) is 43.9 Å². The number of hydrogen-bond acceptors (Lipinski definition) is 2. The molecule has 17 heavy (non-hydrogen) atoms. The third-order valence-electron chi connectivity index (χ3n) is 4.43. The minimum absolute atomic E-state index is 0.134. The molecule has 0 spiro atoms. The Kier molecular flexibility index (Phi) is 2.65. The van der Waals surface area contributed by atoms with Crippen LogP contribution in [0.15, 0.2) is 6.20 Å². The molecule has 1 heterocycles. The van der Waals surface area contributed by atoms with E-state index in [1.807, 2.05) is 6.92 Å². The lowest BCUT2D eigenvalue weighted by molar-refractivity contribution is -0.117. The van der Waals surface area contributed by atoms with Gasteiger partial charge in [-0.25, -0.2) is 0 Å². The maximum absolute atomic E-state index is 11.9. The van der Waals surface area contributed by atoms with Crippen molar-refractivity contribution in [3.8, 4) is 0 Å². The number of nitrogens with one attached hydrogen (secondary N) is 2. The third-order valence-corrected chi connectivity index (χ3v) is 4.43. The van der Waals surface area contributed by atoms with Gasteiger partial charge in [0.2, 0.25) is 5.91 Å². The SMILES string of the molecule is Cc1cn[nH]c1NC(=O)CC1CC2CCC1C2. The van der Waals surface area contributed by atoms with Gasteiger partial charge in [-0.3, -0.25) is 9.89 Å². The summed E-state index contributed by atoms with van der Waals surface area (Å²) in [6.45, 7) is 1.94. The molecule has 92 valence electrons. The van der Waals surface area contributed by atoms with Crippen molar-refractivity contribution in [1.29, 1.82) is 0 Å². The number of H-pyrrole nitrogens is 1. The quantitative estimate of drug-likeness (QED) is 0.842. The number of amides is 1. The Bertz CT molecular complexity index is 426. The predicted molar refractivity (Wildman–Crippen MR) is 65.5 cm³/mol. The zero-order chi connectivity index (χ0) is 11.8. The first-order chi connectivity index (χ1) is 8.22. The predicted octanol–water partition coefficient (Wildman–Crippen LogP) is 2.48. The summed E-state index contributed by atoms with van der Waals surface area (Å²) in [5.41, 5.74) is 0.992. The van der Waals surface area contributed by atoms with Crippen LogP contribution >= 0.6 is 0 Å². The summed E-state index contributed by atoms with van der Waals surface area (Å²) >= 11 is 0. The normalized spacial score (nSPS) is 30.8. The molecule has 1 aromatic heterocycles. The topological polar surface area (TPSA) is 57.8 Å². The highest BCUT2D eigenvalue weighted by Gasteiger charge is 2.40. The number of nitrogens with zero attached hydrogens (tertiary/aromatic N) is 1. The smallest absolute Gasteiger partial charge is 0.225 e. The first kappa shape index (κ1) is 10.8. The van der Waals surface area contributed by atoms with Gasteiger partial charge in [0.15, 0.2) is 0 Å². The van der Waals surface area contributed by atoms with E-state index in [9.17, 15) is 4.79 Å². The number of anilines is 1. The average Bonchev–Trinajstić information content (AvgIpc) is 2.96. The average molecular weight is 233 g/mol. The number of aromatic amines is 1. The molecule has 4 heteroatoms. The van der Waals surface area contributed by atoms with E-state index in [1.54, 1.807) is 6.20 Å². The van der Waals surface area contributed by atoms with Gasteiger partial charge in [0.1, 0.15) is 5.82 Å². The van der Waals surface area contributed by atoms with Gasteiger partial charge in [-0.1, -0.05) is 6.42 Å². The molecule has 3 unspecified atom stereocenters. The van der Waals surface area contributed by atoms with Crippen molar-refractivity contribution in [2.24, 2.45) is 17.8 Å². The van der Waals surface area contributed by atoms with E-state index in [2.05, 4.69) is 15.5 Å². The third kappa shape index (κ3) is 2.08. The van der Waals surface area contributed by atoms with E-state index in [1.165, 1.54) is 25.7 Å². The minimum Gasteiger partial charge on any atom is -0.311 e. The molecule has 0 radical (unpaired) electrons. The number of fused-ring (bicyclic) bond motifs is 2. The van der Waals surface area contributed by atoms with Crippen LogP contribution in [0.2, 0.25) is 0 Å². The highest BCUT2D eigenvalue weighted by molar-refractivity contribution is 5.90. The van der Waals surface area contributed by atoms with E-state index in [-0.39, 0.29) is 5.91 Å². The lowest BCUT2D eigenvalue weighted by Crippen LogP contribution is -2.20. The van der Waals surface area contributed by atoms with Crippen LogP contribution in [0.1, 0.15) is 37.7 Å². The number of rotatable bonds is 3. The first-order valence-electron chi connectivity index (χ1n) is 6.52. The second kappa shape index (κ2) is 4.17. The molecule has 1 aromatic rings. The molecule has 2 fully saturated rings. The largest absolute Gasteiger partial charge is 0.311 e. The lowest BCUT2D eigenvalue weighted by atomic mass is 9.86. The van der Waals surface area contributed by atoms with Crippen molar-refractivity contribution < 1.29 is 4.79 Å². The molecule has 1 amide bonds. The number of carbonyl (C=O) groups is 1. The maximum atomic E-state index is 11.9. The van der Waals surface area contributed by atoms with E-state index >= 15 is 0 Å². The van der Waals surface area contributed by atoms with Crippen LogP contribution in [-0.4, -0.2) is 16.1 Å². The fraction of sp³-hybridized carbons (Fsp3) is 0.692. The van der Waals surface area contributed by atoms with Crippen molar-refractivity contribution in [3.05, 3.63) is 11.8 Å². The monoisotopic (exact) mass is 233 g/mol. The van der Waals surface area contributed by atoms with Crippen molar-refractivity contribution in [1.82, 2.24) is 10.2 Å². The molecular formula is C13H19N3O. The standard InChI is InChI=1S/C13H19N3O/c1-8-7-14-16-13(8)15-12(17)6-11-5-9-2-3-10(11)4-9/h7,9-11H,2-6H2,1H3,(H2,14,15,16,17). The summed E-state index contributed by atoms with van der Waals surface area (Å²) in [5.74, 6) is 3.23. The van der Waals surface area contributed by atoms with E-state index in [0.29, 0.717) is 12.3 Å². The Labute approximate surface area is 101 Å². The molecule has 0 aliphatic heterocycles. The Balaban J connectivity index is 1.56. The number of aromatic nitrogens is 2. The van der Waals surface area contributed by atoms with Gasteiger partial charge in [0.25, 0.3) is 0 Å². The van der Waals surface area contributed by atoms with Crippen LogP contribution in [0.3, 0.4) is 0 Å². The summed E-state index contributed by atoms with van der Waals surface area (Å²) in [4.78, 5) is 11.9. The fourth-order valence-corrected chi connectivity index (χ4v) is 3.53. The summed E-state index contributed by atoms with van der Waals surface area (Å²) in [6, 6.07) is 0. The van der Waals surface area contributed by atoms with Crippen LogP contribution in [0, 0.1) is 24.7 Å². The lowest BCUT2D eigenvalue weighted by Gasteiger charge is -2.20. The van der Waals surface area contributed by atoms with Gasteiger partial charge < -0.3 is 5.32 Å². The van der Waals surface area contributed by atoms with Crippen molar-refractivity contribution in [2.75, 3.05) is 5.32 Å². The van der Waals surface area contributed by atoms with Crippen LogP contribution in [0.4, 0.5) is 5.82 Å². The zero-order valence-corrected chi connectivity index (χ0v) is 10.2. The second-order valence-corrected chi connectivity index (χ2v) is 5.62. The Morgan fingerprint density at radius 1 is 1.53 bits per heavy atom. The molecule has 2 N–H and O–H groups in total. The summed E-state index contributed by atoms with van der Waals surface area (Å²) in [7, 11) is 0. The molecule has 0 aromatic carbocycles. The van der Waals surface area contributed by atoms with Crippen LogP contribution in [0.5, 0.6) is 0 Å². The van der Waals surface area contributed by atoms with Crippen molar-refractivity contribution in [2.45, 2.75) is 39.0 Å². The second-order valence-electron chi connectivity index (χ2n) is 5.62. The van der Waals surface area contributed by atoms with E-state index in [4.69, 9.17) is 0 Å². The number of aryl methyl sites for hydroxylation is 1.